The molecule has 2 amide bonds. The second-order valence-corrected chi connectivity index (χ2v) is 7.06. The number of aryl methyl sites for hydroxylation is 1. The molecule has 0 unspecified atom stereocenters. The number of hydrogen-bond donors (Lipinski definition) is 1. The minimum absolute atomic E-state index is 0.173. The fourth-order valence-electron chi connectivity index (χ4n) is 3.33. The highest BCUT2D eigenvalue weighted by molar-refractivity contribution is 6.07. The SMILES string of the molecule is CCN(C(=O)c1cncc(C(=O)NCCN2CCOCC2)c1)c1cccc(C)c1. The van der Waals surface area contributed by atoms with Crippen LogP contribution in [0.1, 0.15) is 33.2 Å². The van der Waals surface area contributed by atoms with Gasteiger partial charge in [-0.2, -0.15) is 0 Å². The van der Waals surface area contributed by atoms with Crippen LogP contribution in [0.2, 0.25) is 0 Å². The number of rotatable bonds is 7. The molecular weight excluding hydrogens is 368 g/mol. The van der Waals surface area contributed by atoms with Gasteiger partial charge < -0.3 is 15.0 Å². The summed E-state index contributed by atoms with van der Waals surface area (Å²) in [5, 5.41) is 2.91. The van der Waals surface area contributed by atoms with Crippen molar-refractivity contribution in [2.24, 2.45) is 0 Å². The number of amides is 2. The summed E-state index contributed by atoms with van der Waals surface area (Å²) in [6, 6.07) is 9.40. The molecule has 29 heavy (non-hydrogen) atoms. The second-order valence-electron chi connectivity index (χ2n) is 7.06. The summed E-state index contributed by atoms with van der Waals surface area (Å²) < 4.78 is 5.33. The molecule has 154 valence electrons. The van der Waals surface area contributed by atoms with Crippen molar-refractivity contribution in [2.45, 2.75) is 13.8 Å². The van der Waals surface area contributed by atoms with Crippen LogP contribution in [0.4, 0.5) is 5.69 Å². The molecule has 1 aromatic carbocycles. The topological polar surface area (TPSA) is 74.8 Å². The summed E-state index contributed by atoms with van der Waals surface area (Å²) in [4.78, 5) is 33.6. The zero-order chi connectivity index (χ0) is 20.6. The van der Waals surface area contributed by atoms with Crippen LogP contribution >= 0.6 is 0 Å². The van der Waals surface area contributed by atoms with Gasteiger partial charge in [-0.05, 0) is 37.6 Å². The Morgan fingerprint density at radius 1 is 1.17 bits per heavy atom. The lowest BCUT2D eigenvalue weighted by molar-refractivity contribution is 0.0383. The molecule has 0 atom stereocenters. The number of nitrogens with one attached hydrogen (secondary N) is 1. The molecule has 0 spiro atoms. The molecule has 2 heterocycles. The van der Waals surface area contributed by atoms with Crippen molar-refractivity contribution >= 4 is 17.5 Å². The van der Waals surface area contributed by atoms with Crippen molar-refractivity contribution in [2.75, 3.05) is 50.8 Å². The van der Waals surface area contributed by atoms with Crippen LogP contribution in [0, 0.1) is 6.92 Å². The predicted molar refractivity (Wildman–Crippen MR) is 112 cm³/mol. The van der Waals surface area contributed by atoms with Gasteiger partial charge in [0, 0.05) is 50.8 Å². The van der Waals surface area contributed by atoms with Gasteiger partial charge in [-0.3, -0.25) is 19.5 Å². The number of carbonyl (C=O) groups excluding carboxylic acids is 2. The number of carbonyl (C=O) groups is 2. The zero-order valence-electron chi connectivity index (χ0n) is 17.1. The van der Waals surface area contributed by atoms with Gasteiger partial charge in [0.2, 0.25) is 0 Å². The van der Waals surface area contributed by atoms with E-state index in [1.165, 1.54) is 12.4 Å². The first kappa shape index (κ1) is 21.0. The minimum Gasteiger partial charge on any atom is -0.379 e. The molecule has 2 aromatic rings. The van der Waals surface area contributed by atoms with Crippen LogP contribution in [-0.2, 0) is 4.74 Å². The zero-order valence-corrected chi connectivity index (χ0v) is 17.1. The molecule has 3 rings (SSSR count). The van der Waals surface area contributed by atoms with E-state index in [-0.39, 0.29) is 11.8 Å². The van der Waals surface area contributed by atoms with Gasteiger partial charge in [0.25, 0.3) is 11.8 Å². The van der Waals surface area contributed by atoms with E-state index in [1.807, 2.05) is 38.1 Å². The number of anilines is 1. The average molecular weight is 396 g/mol. The first-order valence-electron chi connectivity index (χ1n) is 10.0. The number of pyridine rings is 1. The van der Waals surface area contributed by atoms with Crippen molar-refractivity contribution < 1.29 is 14.3 Å². The molecule has 7 heteroatoms. The number of nitrogens with zero attached hydrogens (tertiary/aromatic N) is 3. The Balaban J connectivity index is 1.64. The first-order chi connectivity index (χ1) is 14.1. The van der Waals surface area contributed by atoms with E-state index < -0.39 is 0 Å². The lowest BCUT2D eigenvalue weighted by Gasteiger charge is -2.26. The molecule has 1 aromatic heterocycles. The van der Waals surface area contributed by atoms with Crippen molar-refractivity contribution in [3.8, 4) is 0 Å². The molecule has 1 fully saturated rings. The molecule has 0 bridgehead atoms. The minimum atomic E-state index is -0.223. The van der Waals surface area contributed by atoms with E-state index in [9.17, 15) is 9.59 Å². The van der Waals surface area contributed by atoms with Crippen LogP contribution in [0.5, 0.6) is 0 Å². The third-order valence-corrected chi connectivity index (χ3v) is 4.94. The number of ether oxygens (including phenoxy) is 1. The summed E-state index contributed by atoms with van der Waals surface area (Å²) in [5.41, 5.74) is 2.70. The van der Waals surface area contributed by atoms with Crippen molar-refractivity contribution in [1.29, 1.82) is 0 Å². The average Bonchev–Trinajstić information content (AvgIpc) is 2.75. The Morgan fingerprint density at radius 2 is 1.93 bits per heavy atom. The lowest BCUT2D eigenvalue weighted by atomic mass is 10.1. The van der Waals surface area contributed by atoms with E-state index in [1.54, 1.807) is 11.0 Å². The van der Waals surface area contributed by atoms with E-state index in [0.29, 0.717) is 24.2 Å². The quantitative estimate of drug-likeness (QED) is 0.776. The summed E-state index contributed by atoms with van der Waals surface area (Å²) in [6.07, 6.45) is 3.00. The van der Waals surface area contributed by atoms with Gasteiger partial charge in [-0.25, -0.2) is 0 Å². The molecule has 0 aliphatic carbocycles. The van der Waals surface area contributed by atoms with Crippen molar-refractivity contribution in [3.63, 3.8) is 0 Å². The van der Waals surface area contributed by atoms with Crippen molar-refractivity contribution in [1.82, 2.24) is 15.2 Å². The van der Waals surface area contributed by atoms with Crippen LogP contribution in [0.3, 0.4) is 0 Å². The first-order valence-corrected chi connectivity index (χ1v) is 10.0. The Labute approximate surface area is 171 Å². The normalized spacial score (nSPS) is 14.4. The van der Waals surface area contributed by atoms with Crippen molar-refractivity contribution in [3.05, 3.63) is 59.4 Å². The number of hydrogen-bond acceptors (Lipinski definition) is 5. The van der Waals surface area contributed by atoms with E-state index in [0.717, 1.165) is 44.1 Å². The number of aromatic nitrogens is 1. The molecule has 1 aliphatic heterocycles. The van der Waals surface area contributed by atoms with E-state index in [4.69, 9.17) is 4.74 Å². The Bertz CT molecular complexity index is 849. The molecule has 1 saturated heterocycles. The number of morpholine rings is 1. The van der Waals surface area contributed by atoms with Crippen LogP contribution in [0.25, 0.3) is 0 Å². The smallest absolute Gasteiger partial charge is 0.259 e. The van der Waals surface area contributed by atoms with E-state index >= 15 is 0 Å². The predicted octanol–water partition coefficient (Wildman–Crippen LogP) is 2.12. The molecular formula is C22H28N4O3. The highest BCUT2D eigenvalue weighted by atomic mass is 16.5. The fraction of sp³-hybridized carbons (Fsp3) is 0.409. The van der Waals surface area contributed by atoms with Crippen LogP contribution in [-0.4, -0.2) is 67.6 Å². The highest BCUT2D eigenvalue weighted by Crippen LogP contribution is 2.18. The maximum atomic E-state index is 13.0. The molecule has 1 N–H and O–H groups in total. The third kappa shape index (κ3) is 5.62. The standard InChI is InChI=1S/C22H28N4O3/c1-3-26(20-6-4-5-17(2)13-20)22(28)19-14-18(15-23-16-19)21(27)24-7-8-25-9-11-29-12-10-25/h4-6,13-16H,3,7-12H2,1-2H3,(H,24,27). The number of benzene rings is 1. The van der Waals surface area contributed by atoms with E-state index in [2.05, 4.69) is 15.2 Å². The Hall–Kier alpha value is -2.77. The molecule has 1 aliphatic rings. The molecule has 7 nitrogen and oxygen atoms in total. The summed E-state index contributed by atoms with van der Waals surface area (Å²) >= 11 is 0. The molecule has 0 saturated carbocycles. The summed E-state index contributed by atoms with van der Waals surface area (Å²) in [7, 11) is 0. The van der Waals surface area contributed by atoms with Gasteiger partial charge in [0.1, 0.15) is 0 Å². The summed E-state index contributed by atoms with van der Waals surface area (Å²) in [5.74, 6) is -0.396. The maximum absolute atomic E-state index is 13.0. The largest absolute Gasteiger partial charge is 0.379 e. The molecule has 0 radical (unpaired) electrons. The van der Waals surface area contributed by atoms with Gasteiger partial charge in [-0.15, -0.1) is 0 Å². The fourth-order valence-corrected chi connectivity index (χ4v) is 3.33. The Morgan fingerprint density at radius 3 is 2.66 bits per heavy atom. The monoisotopic (exact) mass is 396 g/mol. The van der Waals surface area contributed by atoms with Gasteiger partial charge in [0.05, 0.1) is 24.3 Å². The summed E-state index contributed by atoms with van der Waals surface area (Å²) in [6.45, 7) is 8.99. The van der Waals surface area contributed by atoms with Gasteiger partial charge in [0.15, 0.2) is 0 Å². The van der Waals surface area contributed by atoms with Crippen LogP contribution in [0.15, 0.2) is 42.7 Å². The Kier molecular flexibility index (Phi) is 7.32. The van der Waals surface area contributed by atoms with Gasteiger partial charge in [-0.1, -0.05) is 12.1 Å². The van der Waals surface area contributed by atoms with Gasteiger partial charge >= 0.3 is 0 Å². The second kappa shape index (κ2) is 10.1. The lowest BCUT2D eigenvalue weighted by Crippen LogP contribution is -2.41. The maximum Gasteiger partial charge on any atom is 0.259 e. The van der Waals surface area contributed by atoms with Crippen LogP contribution < -0.4 is 10.2 Å². The highest BCUT2D eigenvalue weighted by Gasteiger charge is 2.18. The third-order valence-electron chi connectivity index (χ3n) is 4.94.